The number of benzene rings is 2. The molecule has 1 N–H and O–H groups in total. The van der Waals surface area contributed by atoms with Crippen molar-refractivity contribution in [2.75, 3.05) is 29.4 Å². The van der Waals surface area contributed by atoms with E-state index in [0.717, 1.165) is 19.3 Å². The minimum atomic E-state index is -3.83. The van der Waals surface area contributed by atoms with E-state index in [1.807, 2.05) is 24.3 Å². The van der Waals surface area contributed by atoms with E-state index in [9.17, 15) is 13.2 Å². The molecule has 1 saturated heterocycles. The first-order valence-electron chi connectivity index (χ1n) is 9.69. The quantitative estimate of drug-likeness (QED) is 0.484. The van der Waals surface area contributed by atoms with Crippen molar-refractivity contribution in [3.05, 3.63) is 66.2 Å². The Kier molecular flexibility index (Phi) is 7.97. The molecule has 1 aliphatic rings. The van der Waals surface area contributed by atoms with E-state index < -0.39 is 22.2 Å². The summed E-state index contributed by atoms with van der Waals surface area (Å²) in [6, 6.07) is 18.0. The first-order valence-corrected chi connectivity index (χ1v) is 12.3. The summed E-state index contributed by atoms with van der Waals surface area (Å²) in [4.78, 5) is 12.6. The van der Waals surface area contributed by atoms with Gasteiger partial charge in [0.05, 0.1) is 6.61 Å². The van der Waals surface area contributed by atoms with Gasteiger partial charge in [-0.2, -0.15) is 24.5 Å². The van der Waals surface area contributed by atoms with Crippen LogP contribution in [-0.4, -0.2) is 49.4 Å². The number of nitrogens with zero attached hydrogens (tertiary/aromatic N) is 1. The molecule has 1 heterocycles. The summed E-state index contributed by atoms with van der Waals surface area (Å²) >= 11 is 1.56. The highest BCUT2D eigenvalue weighted by Crippen LogP contribution is 2.22. The van der Waals surface area contributed by atoms with Crippen molar-refractivity contribution in [1.82, 2.24) is 4.31 Å². The summed E-state index contributed by atoms with van der Waals surface area (Å²) in [5.74, 6) is 0.574. The summed E-state index contributed by atoms with van der Waals surface area (Å²) in [6.07, 6.45) is 2.59. The average molecular weight is 435 g/mol. The van der Waals surface area contributed by atoms with Crippen LogP contribution in [0.4, 0.5) is 5.69 Å². The smallest absolute Gasteiger partial charge is 0.325 e. The minimum absolute atomic E-state index is 0.278. The molecule has 0 saturated carbocycles. The number of carbonyl (C=O) groups excluding carboxylic acids is 1. The van der Waals surface area contributed by atoms with Gasteiger partial charge in [-0.3, -0.25) is 9.52 Å². The fourth-order valence-corrected chi connectivity index (χ4v) is 5.74. The molecule has 1 aliphatic heterocycles. The van der Waals surface area contributed by atoms with E-state index in [-0.39, 0.29) is 6.54 Å². The third kappa shape index (κ3) is 6.48. The zero-order valence-corrected chi connectivity index (χ0v) is 17.8. The number of unbranched alkanes of at least 4 members (excludes halogenated alkanes) is 1. The summed E-state index contributed by atoms with van der Waals surface area (Å²) in [7, 11) is -3.83. The number of aryl methyl sites for hydroxylation is 1. The van der Waals surface area contributed by atoms with Gasteiger partial charge in [0.1, 0.15) is 6.04 Å². The Balaban J connectivity index is 1.51. The maximum absolute atomic E-state index is 12.8. The van der Waals surface area contributed by atoms with Crippen LogP contribution < -0.4 is 4.72 Å². The summed E-state index contributed by atoms with van der Waals surface area (Å²) in [5.41, 5.74) is 1.73. The van der Waals surface area contributed by atoms with Gasteiger partial charge in [-0.15, -0.1) is 0 Å². The van der Waals surface area contributed by atoms with E-state index in [0.29, 0.717) is 23.8 Å². The molecule has 2 aromatic carbocycles. The number of esters is 1. The Bertz CT molecular complexity index is 876. The minimum Gasteiger partial charge on any atom is -0.464 e. The molecule has 2 aromatic rings. The molecular formula is C21H26N2O4S2. The normalized spacial score (nSPS) is 17.6. The second-order valence-corrected chi connectivity index (χ2v) is 9.56. The van der Waals surface area contributed by atoms with Gasteiger partial charge in [-0.1, -0.05) is 48.5 Å². The van der Waals surface area contributed by atoms with Crippen LogP contribution in [0.1, 0.15) is 18.4 Å². The molecule has 156 valence electrons. The van der Waals surface area contributed by atoms with Crippen LogP contribution in [0.2, 0.25) is 0 Å². The van der Waals surface area contributed by atoms with Gasteiger partial charge in [0.15, 0.2) is 0 Å². The van der Waals surface area contributed by atoms with Crippen molar-refractivity contribution >= 4 is 33.6 Å². The highest BCUT2D eigenvalue weighted by Gasteiger charge is 2.38. The first-order chi connectivity index (χ1) is 14.1. The Hall–Kier alpha value is -2.03. The number of hydrogen-bond donors (Lipinski definition) is 1. The Labute approximate surface area is 176 Å². The maximum Gasteiger partial charge on any atom is 0.325 e. The van der Waals surface area contributed by atoms with Gasteiger partial charge in [-0.25, -0.2) is 0 Å². The van der Waals surface area contributed by atoms with Crippen LogP contribution >= 0.6 is 11.8 Å². The lowest BCUT2D eigenvalue weighted by Gasteiger charge is -2.32. The second-order valence-electron chi connectivity index (χ2n) is 6.78. The van der Waals surface area contributed by atoms with Gasteiger partial charge >= 0.3 is 16.2 Å². The standard InChI is InChI=1S/C21H26N2O4S2/c24-21(27-15-8-7-11-18-9-3-1-4-10-18)20-17-28-16-14-23(20)29(25,26)22-19-12-5-2-6-13-19/h1-6,9-10,12-13,20,22H,7-8,11,14-17H2. The van der Waals surface area contributed by atoms with Crippen LogP contribution in [0, 0.1) is 0 Å². The topological polar surface area (TPSA) is 75.7 Å². The lowest BCUT2D eigenvalue weighted by atomic mass is 10.1. The molecule has 0 bridgehead atoms. The zero-order valence-electron chi connectivity index (χ0n) is 16.2. The lowest BCUT2D eigenvalue weighted by Crippen LogP contribution is -2.52. The van der Waals surface area contributed by atoms with Gasteiger partial charge in [0.2, 0.25) is 0 Å². The highest BCUT2D eigenvalue weighted by atomic mass is 32.2. The van der Waals surface area contributed by atoms with Crippen molar-refractivity contribution in [2.45, 2.75) is 25.3 Å². The predicted octanol–water partition coefficient (Wildman–Crippen LogP) is 3.33. The van der Waals surface area contributed by atoms with Gasteiger partial charge in [-0.05, 0) is 37.0 Å². The largest absolute Gasteiger partial charge is 0.464 e. The monoisotopic (exact) mass is 434 g/mol. The number of para-hydroxylation sites is 1. The first kappa shape index (κ1) is 21.7. The lowest BCUT2D eigenvalue weighted by molar-refractivity contribution is -0.147. The number of carbonyl (C=O) groups is 1. The van der Waals surface area contributed by atoms with Crippen LogP contribution in [0.25, 0.3) is 0 Å². The fraction of sp³-hybridized carbons (Fsp3) is 0.381. The number of thioether (sulfide) groups is 1. The van der Waals surface area contributed by atoms with Gasteiger partial charge in [0.25, 0.3) is 0 Å². The molecule has 0 amide bonds. The predicted molar refractivity (Wildman–Crippen MR) is 117 cm³/mol. The Morgan fingerprint density at radius 1 is 1.07 bits per heavy atom. The SMILES string of the molecule is O=C(OCCCCc1ccccc1)C1CSCCN1S(=O)(=O)Nc1ccccc1. The van der Waals surface area contributed by atoms with Crippen LogP contribution in [0.3, 0.4) is 0 Å². The van der Waals surface area contributed by atoms with E-state index in [1.165, 1.54) is 9.87 Å². The molecular weight excluding hydrogens is 408 g/mol. The van der Waals surface area contributed by atoms with E-state index in [4.69, 9.17) is 4.74 Å². The van der Waals surface area contributed by atoms with Crippen LogP contribution in [0.15, 0.2) is 60.7 Å². The molecule has 3 rings (SSSR count). The third-order valence-electron chi connectivity index (χ3n) is 4.63. The number of ether oxygens (including phenoxy) is 1. The molecule has 0 aromatic heterocycles. The molecule has 0 spiro atoms. The van der Waals surface area contributed by atoms with Crippen molar-refractivity contribution in [1.29, 1.82) is 0 Å². The maximum atomic E-state index is 12.8. The number of hydrogen-bond acceptors (Lipinski definition) is 5. The average Bonchev–Trinajstić information content (AvgIpc) is 2.74. The van der Waals surface area contributed by atoms with Crippen molar-refractivity contribution < 1.29 is 17.9 Å². The van der Waals surface area contributed by atoms with E-state index in [1.54, 1.807) is 36.0 Å². The molecule has 1 unspecified atom stereocenters. The van der Waals surface area contributed by atoms with Crippen molar-refractivity contribution in [3.8, 4) is 0 Å². The Morgan fingerprint density at radius 2 is 1.76 bits per heavy atom. The van der Waals surface area contributed by atoms with Crippen molar-refractivity contribution in [3.63, 3.8) is 0 Å². The van der Waals surface area contributed by atoms with Gasteiger partial charge < -0.3 is 4.74 Å². The molecule has 1 atom stereocenters. The van der Waals surface area contributed by atoms with E-state index in [2.05, 4.69) is 16.9 Å². The number of nitrogens with one attached hydrogen (secondary N) is 1. The fourth-order valence-electron chi connectivity index (χ4n) is 3.12. The second kappa shape index (κ2) is 10.7. The molecule has 29 heavy (non-hydrogen) atoms. The van der Waals surface area contributed by atoms with Crippen LogP contribution in [-0.2, 0) is 26.2 Å². The third-order valence-corrected chi connectivity index (χ3v) is 7.20. The Morgan fingerprint density at radius 3 is 2.48 bits per heavy atom. The van der Waals surface area contributed by atoms with Crippen LogP contribution in [0.5, 0.6) is 0 Å². The number of rotatable bonds is 9. The van der Waals surface area contributed by atoms with Crippen molar-refractivity contribution in [2.24, 2.45) is 0 Å². The molecule has 1 fully saturated rings. The summed E-state index contributed by atoms with van der Waals surface area (Å²) in [6.45, 7) is 0.577. The highest BCUT2D eigenvalue weighted by molar-refractivity contribution is 7.99. The zero-order chi connectivity index (χ0) is 20.5. The molecule has 0 radical (unpaired) electrons. The molecule has 6 nitrogen and oxygen atoms in total. The summed E-state index contributed by atoms with van der Waals surface area (Å²) in [5, 5.41) is 0. The van der Waals surface area contributed by atoms with E-state index >= 15 is 0 Å². The molecule has 0 aliphatic carbocycles. The summed E-state index contributed by atoms with van der Waals surface area (Å²) < 4.78 is 34.8. The number of anilines is 1. The van der Waals surface area contributed by atoms with Gasteiger partial charge in [0, 0.05) is 23.7 Å². The molecule has 8 heteroatoms.